The first-order valence-electron chi connectivity index (χ1n) is 7.13. The summed E-state index contributed by atoms with van der Waals surface area (Å²) in [7, 11) is -3.73. The SMILES string of the molecule is O=S1(=O)N=C(N(CCO)/N=C\c2ccc(Cl)cc2)c2ccccc21. The van der Waals surface area contributed by atoms with Crippen LogP contribution in [0.4, 0.5) is 0 Å². The Morgan fingerprint density at radius 2 is 1.88 bits per heavy atom. The predicted octanol–water partition coefficient (Wildman–Crippen LogP) is 2.12. The van der Waals surface area contributed by atoms with Gasteiger partial charge >= 0.3 is 0 Å². The first-order chi connectivity index (χ1) is 11.5. The minimum atomic E-state index is -3.73. The number of hydrogen-bond acceptors (Lipinski definition) is 5. The molecule has 0 saturated heterocycles. The van der Waals surface area contributed by atoms with Gasteiger partial charge in [0.25, 0.3) is 10.0 Å². The first kappa shape index (κ1) is 16.6. The van der Waals surface area contributed by atoms with Crippen molar-refractivity contribution in [2.24, 2.45) is 9.50 Å². The molecule has 1 N–H and O–H groups in total. The molecular weight excluding hydrogens is 350 g/mol. The lowest BCUT2D eigenvalue weighted by Gasteiger charge is -2.17. The molecule has 1 heterocycles. The average Bonchev–Trinajstić information content (AvgIpc) is 2.85. The highest BCUT2D eigenvalue weighted by atomic mass is 35.5. The number of sulfonamides is 1. The number of amidine groups is 1. The number of aliphatic hydroxyl groups is 1. The monoisotopic (exact) mass is 363 g/mol. The van der Waals surface area contributed by atoms with Gasteiger partial charge in [-0.2, -0.15) is 13.5 Å². The highest BCUT2D eigenvalue weighted by Crippen LogP contribution is 2.27. The van der Waals surface area contributed by atoms with Crippen LogP contribution in [0.3, 0.4) is 0 Å². The smallest absolute Gasteiger partial charge is 0.285 e. The van der Waals surface area contributed by atoms with Crippen LogP contribution in [-0.4, -0.2) is 43.7 Å². The van der Waals surface area contributed by atoms with Crippen LogP contribution >= 0.6 is 11.6 Å². The van der Waals surface area contributed by atoms with Crippen LogP contribution in [0, 0.1) is 0 Å². The summed E-state index contributed by atoms with van der Waals surface area (Å²) in [6.45, 7) is -0.0774. The molecular formula is C16H14ClN3O3S. The van der Waals surface area contributed by atoms with Crippen molar-refractivity contribution in [3.05, 3.63) is 64.7 Å². The van der Waals surface area contributed by atoms with Gasteiger partial charge in [-0.3, -0.25) is 0 Å². The van der Waals surface area contributed by atoms with Crippen molar-refractivity contribution in [1.82, 2.24) is 5.01 Å². The summed E-state index contributed by atoms with van der Waals surface area (Å²) in [6, 6.07) is 13.6. The van der Waals surface area contributed by atoms with Crippen LogP contribution in [0.15, 0.2) is 62.9 Å². The molecule has 0 radical (unpaired) electrons. The molecule has 0 unspecified atom stereocenters. The lowest BCUT2D eigenvalue weighted by Crippen LogP contribution is -2.28. The highest BCUT2D eigenvalue weighted by Gasteiger charge is 2.31. The van der Waals surface area contributed by atoms with Gasteiger partial charge in [0.15, 0.2) is 5.84 Å². The van der Waals surface area contributed by atoms with E-state index in [2.05, 4.69) is 9.50 Å². The van der Waals surface area contributed by atoms with Crippen molar-refractivity contribution >= 4 is 33.7 Å². The molecule has 2 aromatic rings. The minimum Gasteiger partial charge on any atom is -0.394 e. The van der Waals surface area contributed by atoms with E-state index in [9.17, 15) is 13.5 Å². The molecule has 6 nitrogen and oxygen atoms in total. The second-order valence-electron chi connectivity index (χ2n) is 5.03. The van der Waals surface area contributed by atoms with E-state index in [1.54, 1.807) is 48.7 Å². The molecule has 0 saturated carbocycles. The number of hydrazone groups is 1. The quantitative estimate of drug-likeness (QED) is 0.666. The number of rotatable bonds is 4. The van der Waals surface area contributed by atoms with Crippen molar-refractivity contribution in [3.8, 4) is 0 Å². The van der Waals surface area contributed by atoms with E-state index < -0.39 is 10.0 Å². The van der Waals surface area contributed by atoms with E-state index in [0.29, 0.717) is 10.6 Å². The maximum absolute atomic E-state index is 12.1. The van der Waals surface area contributed by atoms with E-state index in [4.69, 9.17) is 11.6 Å². The van der Waals surface area contributed by atoms with Crippen LogP contribution in [-0.2, 0) is 10.0 Å². The van der Waals surface area contributed by atoms with Crippen molar-refractivity contribution in [2.45, 2.75) is 4.90 Å². The summed E-state index contributed by atoms with van der Waals surface area (Å²) in [4.78, 5) is 0.143. The Morgan fingerprint density at radius 3 is 2.58 bits per heavy atom. The summed E-state index contributed by atoms with van der Waals surface area (Å²) in [5.74, 6) is 0.199. The molecule has 0 fully saturated rings. The summed E-state index contributed by atoms with van der Waals surface area (Å²) < 4.78 is 28.1. The molecule has 24 heavy (non-hydrogen) atoms. The van der Waals surface area contributed by atoms with Crippen molar-refractivity contribution in [3.63, 3.8) is 0 Å². The van der Waals surface area contributed by atoms with Gasteiger partial charge in [0.05, 0.1) is 19.4 Å². The summed E-state index contributed by atoms with van der Waals surface area (Å²) in [5, 5.41) is 15.5. The van der Waals surface area contributed by atoms with Crippen molar-refractivity contribution in [1.29, 1.82) is 0 Å². The number of halogens is 1. The lowest BCUT2D eigenvalue weighted by atomic mass is 10.2. The molecule has 0 spiro atoms. The Balaban J connectivity index is 1.96. The largest absolute Gasteiger partial charge is 0.394 e. The molecule has 0 amide bonds. The van der Waals surface area contributed by atoms with E-state index >= 15 is 0 Å². The van der Waals surface area contributed by atoms with E-state index in [-0.39, 0.29) is 23.9 Å². The fraction of sp³-hybridized carbons (Fsp3) is 0.125. The van der Waals surface area contributed by atoms with E-state index in [1.165, 1.54) is 11.1 Å². The van der Waals surface area contributed by atoms with Gasteiger partial charge in [0.1, 0.15) is 4.90 Å². The number of aliphatic hydroxyl groups excluding tert-OH is 1. The summed E-state index contributed by atoms with van der Waals surface area (Å²) >= 11 is 5.84. The molecule has 0 aromatic heterocycles. The molecule has 8 heteroatoms. The fourth-order valence-corrected chi connectivity index (χ4v) is 3.61. The Morgan fingerprint density at radius 1 is 1.17 bits per heavy atom. The molecule has 1 aliphatic heterocycles. The van der Waals surface area contributed by atoms with Crippen LogP contribution < -0.4 is 0 Å². The normalized spacial score (nSPS) is 15.3. The van der Waals surface area contributed by atoms with Crippen molar-refractivity contribution in [2.75, 3.05) is 13.2 Å². The molecule has 1 aliphatic rings. The minimum absolute atomic E-state index is 0.118. The Labute approximate surface area is 144 Å². The number of fused-ring (bicyclic) bond motifs is 1. The second-order valence-corrected chi connectivity index (χ2v) is 7.04. The van der Waals surface area contributed by atoms with Gasteiger partial charge in [0.2, 0.25) is 0 Å². The Bertz CT molecular complexity index is 908. The zero-order chi connectivity index (χ0) is 17.2. The fourth-order valence-electron chi connectivity index (χ4n) is 2.27. The average molecular weight is 364 g/mol. The van der Waals surface area contributed by atoms with Gasteiger partial charge in [0, 0.05) is 10.6 Å². The molecule has 2 aromatic carbocycles. The third-order valence-corrected chi connectivity index (χ3v) is 4.96. The summed E-state index contributed by atoms with van der Waals surface area (Å²) in [5.41, 5.74) is 1.26. The number of nitrogens with zero attached hydrogens (tertiary/aromatic N) is 3. The van der Waals surface area contributed by atoms with Gasteiger partial charge in [-0.1, -0.05) is 35.9 Å². The Hall–Kier alpha value is -2.22. The van der Waals surface area contributed by atoms with Crippen LogP contribution in [0.2, 0.25) is 5.02 Å². The third-order valence-electron chi connectivity index (χ3n) is 3.39. The first-order valence-corrected chi connectivity index (χ1v) is 8.95. The molecule has 0 aliphatic carbocycles. The van der Waals surface area contributed by atoms with Gasteiger partial charge in [-0.15, -0.1) is 4.40 Å². The van der Waals surface area contributed by atoms with Gasteiger partial charge < -0.3 is 5.11 Å². The van der Waals surface area contributed by atoms with E-state index in [0.717, 1.165) is 5.56 Å². The van der Waals surface area contributed by atoms with Gasteiger partial charge in [-0.05, 0) is 29.8 Å². The number of hydrogen-bond donors (Lipinski definition) is 1. The highest BCUT2D eigenvalue weighted by molar-refractivity contribution is 7.90. The zero-order valence-corrected chi connectivity index (χ0v) is 14.1. The van der Waals surface area contributed by atoms with Crippen LogP contribution in [0.25, 0.3) is 0 Å². The maximum Gasteiger partial charge on any atom is 0.285 e. The lowest BCUT2D eigenvalue weighted by molar-refractivity contribution is 0.254. The van der Waals surface area contributed by atoms with Crippen LogP contribution in [0.5, 0.6) is 0 Å². The topological polar surface area (TPSA) is 82.3 Å². The maximum atomic E-state index is 12.1. The zero-order valence-electron chi connectivity index (χ0n) is 12.5. The summed E-state index contributed by atoms with van der Waals surface area (Å²) in [6.07, 6.45) is 1.56. The molecule has 124 valence electrons. The molecule has 0 atom stereocenters. The van der Waals surface area contributed by atoms with Gasteiger partial charge in [-0.25, -0.2) is 5.01 Å². The molecule has 0 bridgehead atoms. The third kappa shape index (κ3) is 3.33. The Kier molecular flexibility index (Phi) is 4.66. The predicted molar refractivity (Wildman–Crippen MR) is 93.0 cm³/mol. The molecule has 3 rings (SSSR count). The van der Waals surface area contributed by atoms with E-state index in [1.807, 2.05) is 0 Å². The van der Waals surface area contributed by atoms with Crippen molar-refractivity contribution < 1.29 is 13.5 Å². The number of benzene rings is 2. The second kappa shape index (κ2) is 6.72. The standard InChI is InChI=1S/C16H14ClN3O3S/c17-13-7-5-12(6-8-13)11-18-20(9-10-21)16-14-3-1-2-4-15(14)24(22,23)19-16/h1-8,11,21H,9-10H2/b18-11-. The van der Waals surface area contributed by atoms with Crippen LogP contribution in [0.1, 0.15) is 11.1 Å².